The molecule has 2 amide bonds. The maximum Gasteiger partial charge on any atom is 0.291 e. The first-order chi connectivity index (χ1) is 16.3. The molecule has 0 atom stereocenters. The zero-order chi connectivity index (χ0) is 24.4. The van der Waals surface area contributed by atoms with Gasteiger partial charge in [0.1, 0.15) is 0 Å². The number of amides is 2. The zero-order valence-electron chi connectivity index (χ0n) is 18.5. The van der Waals surface area contributed by atoms with Crippen LogP contribution in [0.15, 0.2) is 36.5 Å². The minimum Gasteiger partial charge on any atom is -0.494 e. The standard InChI is InChI=1S/C23H22Cl2FN5O3/c1-30-17(15-5-6-18(34-2)20(26)19(15)25)12-28-21(30)22(32)29-13-3-4-14(16(24)11-13)23(33)31-9-7-27-8-10-31/h3-6,11-12,27H,7-10H2,1-2H3,(H,29,32). The molecule has 8 nitrogen and oxygen atoms in total. The van der Waals surface area contributed by atoms with Gasteiger partial charge in [-0.15, -0.1) is 0 Å². The highest BCUT2D eigenvalue weighted by Crippen LogP contribution is 2.35. The number of hydrogen-bond donors (Lipinski definition) is 2. The Balaban J connectivity index is 1.53. The molecule has 0 spiro atoms. The molecule has 11 heteroatoms. The van der Waals surface area contributed by atoms with Crippen LogP contribution in [-0.2, 0) is 7.05 Å². The molecule has 1 aliphatic heterocycles. The number of ether oxygens (including phenoxy) is 1. The molecule has 1 saturated heterocycles. The van der Waals surface area contributed by atoms with Crippen LogP contribution in [0.25, 0.3) is 11.3 Å². The highest BCUT2D eigenvalue weighted by molar-refractivity contribution is 6.34. The van der Waals surface area contributed by atoms with Gasteiger partial charge in [-0.1, -0.05) is 23.2 Å². The molecule has 4 rings (SSSR count). The fourth-order valence-corrected chi connectivity index (χ4v) is 4.26. The summed E-state index contributed by atoms with van der Waals surface area (Å²) in [5.41, 5.74) is 1.60. The van der Waals surface area contributed by atoms with E-state index in [-0.39, 0.29) is 27.5 Å². The lowest BCUT2D eigenvalue weighted by atomic mass is 10.1. The molecule has 0 radical (unpaired) electrons. The number of nitrogens with one attached hydrogen (secondary N) is 2. The summed E-state index contributed by atoms with van der Waals surface area (Å²) < 4.78 is 20.8. The predicted molar refractivity (Wildman–Crippen MR) is 128 cm³/mol. The normalized spacial score (nSPS) is 13.6. The van der Waals surface area contributed by atoms with E-state index in [1.807, 2.05) is 0 Å². The van der Waals surface area contributed by atoms with E-state index in [2.05, 4.69) is 15.6 Å². The molecule has 0 saturated carbocycles. The van der Waals surface area contributed by atoms with Crippen LogP contribution in [-0.4, -0.2) is 59.6 Å². The average Bonchev–Trinajstić information content (AvgIpc) is 3.22. The summed E-state index contributed by atoms with van der Waals surface area (Å²) in [6.45, 7) is 2.68. The molecule has 2 heterocycles. The van der Waals surface area contributed by atoms with E-state index in [1.165, 1.54) is 30.0 Å². The third-order valence-electron chi connectivity index (χ3n) is 5.60. The average molecular weight is 506 g/mol. The zero-order valence-corrected chi connectivity index (χ0v) is 20.0. The number of imidazole rings is 1. The minimum atomic E-state index is -0.695. The van der Waals surface area contributed by atoms with Gasteiger partial charge in [-0.2, -0.15) is 0 Å². The van der Waals surface area contributed by atoms with Gasteiger partial charge in [0.2, 0.25) is 0 Å². The molecule has 0 unspecified atom stereocenters. The van der Waals surface area contributed by atoms with Crippen LogP contribution in [0.5, 0.6) is 5.75 Å². The van der Waals surface area contributed by atoms with Crippen LogP contribution in [0.4, 0.5) is 10.1 Å². The number of halogens is 3. The SMILES string of the molecule is COc1ccc(-c2cnc(C(=O)Nc3ccc(C(=O)N4CCNCC4)c(Cl)c3)n2C)c(Cl)c1F. The monoisotopic (exact) mass is 505 g/mol. The summed E-state index contributed by atoms with van der Waals surface area (Å²) in [6, 6.07) is 7.77. The van der Waals surface area contributed by atoms with E-state index in [4.69, 9.17) is 27.9 Å². The van der Waals surface area contributed by atoms with E-state index in [9.17, 15) is 14.0 Å². The summed E-state index contributed by atoms with van der Waals surface area (Å²) in [6.07, 6.45) is 1.43. The molecule has 0 bridgehead atoms. The van der Waals surface area contributed by atoms with E-state index < -0.39 is 11.7 Å². The first-order valence-electron chi connectivity index (χ1n) is 10.5. The predicted octanol–water partition coefficient (Wildman–Crippen LogP) is 3.84. The van der Waals surface area contributed by atoms with Crippen LogP contribution in [0.1, 0.15) is 21.0 Å². The number of aromatic nitrogens is 2. The number of carbonyl (C=O) groups is 2. The Hall–Kier alpha value is -3.14. The van der Waals surface area contributed by atoms with Crippen LogP contribution in [0.3, 0.4) is 0 Å². The van der Waals surface area contributed by atoms with Crippen molar-refractivity contribution in [3.8, 4) is 17.0 Å². The molecular formula is C23H22Cl2FN5O3. The quantitative estimate of drug-likeness (QED) is 0.549. The van der Waals surface area contributed by atoms with E-state index >= 15 is 0 Å². The smallest absolute Gasteiger partial charge is 0.291 e. The Morgan fingerprint density at radius 3 is 2.59 bits per heavy atom. The summed E-state index contributed by atoms with van der Waals surface area (Å²) in [7, 11) is 2.97. The minimum absolute atomic E-state index is 0.0182. The maximum absolute atomic E-state index is 14.4. The lowest BCUT2D eigenvalue weighted by Crippen LogP contribution is -2.46. The number of carbonyl (C=O) groups excluding carboxylic acids is 2. The Labute approximate surface area is 205 Å². The number of anilines is 1. The summed E-state index contributed by atoms with van der Waals surface area (Å²) in [5.74, 6) is -1.25. The maximum atomic E-state index is 14.4. The number of hydrogen-bond acceptors (Lipinski definition) is 5. The third kappa shape index (κ3) is 4.59. The first kappa shape index (κ1) is 24.0. The number of benzene rings is 2. The molecule has 0 aliphatic carbocycles. The second kappa shape index (κ2) is 10.0. The van der Waals surface area contributed by atoms with E-state index in [0.29, 0.717) is 35.6 Å². The van der Waals surface area contributed by atoms with Gasteiger partial charge in [0.05, 0.1) is 34.6 Å². The first-order valence-corrected chi connectivity index (χ1v) is 11.2. The lowest BCUT2D eigenvalue weighted by molar-refractivity contribution is 0.0736. The van der Waals surface area contributed by atoms with Crippen molar-refractivity contribution in [1.82, 2.24) is 19.8 Å². The number of nitrogens with zero attached hydrogens (tertiary/aromatic N) is 3. The van der Waals surface area contributed by atoms with Gasteiger partial charge in [-0.3, -0.25) is 9.59 Å². The Morgan fingerprint density at radius 1 is 1.18 bits per heavy atom. The molecule has 1 fully saturated rings. The Morgan fingerprint density at radius 2 is 1.91 bits per heavy atom. The molecule has 2 N–H and O–H groups in total. The number of piperazine rings is 1. The topological polar surface area (TPSA) is 88.5 Å². The van der Waals surface area contributed by atoms with Crippen molar-refractivity contribution in [2.45, 2.75) is 0 Å². The van der Waals surface area contributed by atoms with Gasteiger partial charge < -0.3 is 24.8 Å². The van der Waals surface area contributed by atoms with Gasteiger partial charge in [-0.05, 0) is 30.3 Å². The van der Waals surface area contributed by atoms with Gasteiger partial charge >= 0.3 is 0 Å². The largest absolute Gasteiger partial charge is 0.494 e. The number of methoxy groups -OCH3 is 1. The van der Waals surface area contributed by atoms with Gasteiger partial charge in [-0.25, -0.2) is 9.37 Å². The summed E-state index contributed by atoms with van der Waals surface area (Å²) in [5, 5.41) is 6.03. The van der Waals surface area contributed by atoms with Crippen LogP contribution in [0.2, 0.25) is 10.0 Å². The van der Waals surface area contributed by atoms with E-state index in [0.717, 1.165) is 13.1 Å². The van der Waals surface area contributed by atoms with E-state index in [1.54, 1.807) is 30.1 Å². The lowest BCUT2D eigenvalue weighted by Gasteiger charge is -2.27. The fraction of sp³-hybridized carbons (Fsp3) is 0.261. The summed E-state index contributed by atoms with van der Waals surface area (Å²) in [4.78, 5) is 31.5. The fourth-order valence-electron chi connectivity index (χ4n) is 3.75. The van der Waals surface area contributed by atoms with Crippen molar-refractivity contribution in [1.29, 1.82) is 0 Å². The number of rotatable bonds is 5. The third-order valence-corrected chi connectivity index (χ3v) is 6.28. The molecule has 1 aliphatic rings. The van der Waals surface area contributed by atoms with Crippen molar-refractivity contribution < 1.29 is 18.7 Å². The molecule has 34 heavy (non-hydrogen) atoms. The van der Waals surface area contributed by atoms with Crippen molar-refractivity contribution in [3.05, 3.63) is 63.8 Å². The second-order valence-corrected chi connectivity index (χ2v) is 8.45. The second-order valence-electron chi connectivity index (χ2n) is 7.66. The van der Waals surface area contributed by atoms with Gasteiger partial charge in [0.25, 0.3) is 11.8 Å². The molecule has 178 valence electrons. The van der Waals surface area contributed by atoms with Crippen molar-refractivity contribution in [2.75, 3.05) is 38.6 Å². The highest BCUT2D eigenvalue weighted by Gasteiger charge is 2.22. The highest BCUT2D eigenvalue weighted by atomic mass is 35.5. The molecule has 3 aromatic rings. The molecule has 2 aromatic carbocycles. The van der Waals surface area contributed by atoms with Gasteiger partial charge in [0, 0.05) is 44.5 Å². The van der Waals surface area contributed by atoms with Crippen molar-refractivity contribution >= 4 is 40.7 Å². The van der Waals surface area contributed by atoms with Crippen LogP contribution in [0, 0.1) is 5.82 Å². The van der Waals surface area contributed by atoms with Crippen LogP contribution < -0.4 is 15.4 Å². The van der Waals surface area contributed by atoms with Gasteiger partial charge in [0.15, 0.2) is 17.4 Å². The Kier molecular flexibility index (Phi) is 7.06. The molecular weight excluding hydrogens is 484 g/mol. The van der Waals surface area contributed by atoms with Crippen LogP contribution >= 0.6 is 23.2 Å². The molecule has 1 aromatic heterocycles. The van der Waals surface area contributed by atoms with Crippen molar-refractivity contribution in [2.24, 2.45) is 7.05 Å². The van der Waals surface area contributed by atoms with Crippen molar-refractivity contribution in [3.63, 3.8) is 0 Å². The Bertz CT molecular complexity index is 1260. The summed E-state index contributed by atoms with van der Waals surface area (Å²) >= 11 is 12.5.